The molecule has 0 aliphatic carbocycles. The second kappa shape index (κ2) is 18.1. The molecule has 3 heteroatoms. The molecule has 3 aromatic heterocycles. The number of pyridine rings is 3. The van der Waals surface area contributed by atoms with Crippen molar-refractivity contribution in [2.24, 2.45) is 0 Å². The van der Waals surface area contributed by atoms with Gasteiger partial charge in [-0.25, -0.2) is 4.98 Å². The van der Waals surface area contributed by atoms with E-state index in [1.807, 2.05) is 30.6 Å². The van der Waals surface area contributed by atoms with Gasteiger partial charge in [-0.3, -0.25) is 9.97 Å². The van der Waals surface area contributed by atoms with Gasteiger partial charge in [-0.2, -0.15) is 0 Å². The maximum absolute atomic E-state index is 5.55. The predicted octanol–water partition coefficient (Wildman–Crippen LogP) is 16.5. The fraction of sp³-hybridized carbons (Fsp3) is 0. The highest BCUT2D eigenvalue weighted by molar-refractivity contribution is 5.99. The molecule has 3 nitrogen and oxygen atoms in total. The Morgan fingerprint density at radius 1 is 0.197 bits per heavy atom. The molecular formula is C63H43N3. The molecule has 11 aromatic rings. The monoisotopic (exact) mass is 841 g/mol. The van der Waals surface area contributed by atoms with Crippen molar-refractivity contribution >= 4 is 0 Å². The Hall–Kier alpha value is -8.79. The second-order valence-electron chi connectivity index (χ2n) is 16.3. The number of benzene rings is 8. The molecule has 11 rings (SSSR count). The average Bonchev–Trinajstić information content (AvgIpc) is 3.41. The number of rotatable bonds is 10. The van der Waals surface area contributed by atoms with Crippen LogP contribution in [0.1, 0.15) is 0 Å². The SMILES string of the molecule is c1ccc(-c2ccc(-c3ccccc3-c3cc(-c4ccccc4-c4cnc(-c5ccccc5)cc4-c4ccccc4)ccc3-c3nc(-c4ccccc4)ccc3-c3ccccc3)cn2)cc1. The minimum atomic E-state index is 0.914. The summed E-state index contributed by atoms with van der Waals surface area (Å²) in [6.07, 6.45) is 4.05. The first kappa shape index (κ1) is 40.0. The molecule has 0 saturated heterocycles. The second-order valence-corrected chi connectivity index (χ2v) is 16.3. The van der Waals surface area contributed by atoms with E-state index in [0.29, 0.717) is 0 Å². The molecule has 0 atom stereocenters. The van der Waals surface area contributed by atoms with E-state index in [0.717, 1.165) is 112 Å². The summed E-state index contributed by atoms with van der Waals surface area (Å²) in [5, 5.41) is 0. The highest BCUT2D eigenvalue weighted by Gasteiger charge is 2.21. The lowest BCUT2D eigenvalue weighted by atomic mass is 9.85. The fourth-order valence-electron chi connectivity index (χ4n) is 8.99. The van der Waals surface area contributed by atoms with Crippen LogP contribution in [0.5, 0.6) is 0 Å². The summed E-state index contributed by atoms with van der Waals surface area (Å²) in [5.41, 5.74) is 21.0. The number of aromatic nitrogens is 3. The summed E-state index contributed by atoms with van der Waals surface area (Å²) in [6.45, 7) is 0. The molecule has 0 fully saturated rings. The maximum Gasteiger partial charge on any atom is 0.0794 e. The molecule has 3 heterocycles. The first-order chi connectivity index (χ1) is 32.7. The molecule has 0 amide bonds. The Bertz CT molecular complexity index is 3420. The van der Waals surface area contributed by atoms with Gasteiger partial charge >= 0.3 is 0 Å². The summed E-state index contributed by atoms with van der Waals surface area (Å²) >= 11 is 0. The first-order valence-electron chi connectivity index (χ1n) is 22.3. The Morgan fingerprint density at radius 2 is 0.621 bits per heavy atom. The van der Waals surface area contributed by atoms with Crippen molar-refractivity contribution in [2.75, 3.05) is 0 Å². The van der Waals surface area contributed by atoms with Crippen molar-refractivity contribution in [2.45, 2.75) is 0 Å². The van der Waals surface area contributed by atoms with Gasteiger partial charge in [0.05, 0.1) is 22.8 Å². The van der Waals surface area contributed by atoms with Crippen molar-refractivity contribution in [3.05, 3.63) is 261 Å². The van der Waals surface area contributed by atoms with Gasteiger partial charge in [-0.1, -0.05) is 224 Å². The van der Waals surface area contributed by atoms with Crippen LogP contribution in [0, 0.1) is 0 Å². The van der Waals surface area contributed by atoms with Crippen LogP contribution in [-0.2, 0) is 0 Å². The summed E-state index contributed by atoms with van der Waals surface area (Å²) in [4.78, 5) is 15.6. The van der Waals surface area contributed by atoms with Gasteiger partial charge in [-0.15, -0.1) is 0 Å². The molecule has 0 radical (unpaired) electrons. The Morgan fingerprint density at radius 3 is 1.20 bits per heavy atom. The van der Waals surface area contributed by atoms with Gasteiger partial charge in [0.15, 0.2) is 0 Å². The smallest absolute Gasteiger partial charge is 0.0794 e. The number of hydrogen-bond acceptors (Lipinski definition) is 3. The minimum Gasteiger partial charge on any atom is -0.256 e. The zero-order valence-corrected chi connectivity index (χ0v) is 36.2. The Labute approximate surface area is 386 Å². The molecule has 66 heavy (non-hydrogen) atoms. The van der Waals surface area contributed by atoms with E-state index in [4.69, 9.17) is 15.0 Å². The minimum absolute atomic E-state index is 0.914. The van der Waals surface area contributed by atoms with Gasteiger partial charge < -0.3 is 0 Å². The standard InChI is InChI=1S/C63H43N3/c1-6-20-44(21-7-1)53-37-39-61(47-26-12-4-13-27-47)66-63(53)56-36-34-49(40-58(56)54-32-18-17-31-52(54)50-35-38-60(64-42-50)46-24-10-3-11-25-46)51-30-16-19-33-55(51)59-43-65-62(48-28-14-5-15-29-48)41-57(59)45-22-8-2-9-23-45/h1-43H. The third-order valence-corrected chi connectivity index (χ3v) is 12.3. The number of hydrogen-bond donors (Lipinski definition) is 0. The summed E-state index contributed by atoms with van der Waals surface area (Å²) in [5.74, 6) is 0. The van der Waals surface area contributed by atoms with Gasteiger partial charge in [0.2, 0.25) is 0 Å². The van der Waals surface area contributed by atoms with E-state index in [9.17, 15) is 0 Å². The van der Waals surface area contributed by atoms with E-state index < -0.39 is 0 Å². The van der Waals surface area contributed by atoms with Crippen molar-refractivity contribution < 1.29 is 0 Å². The normalized spacial score (nSPS) is 11.0. The van der Waals surface area contributed by atoms with Gasteiger partial charge in [-0.05, 0) is 74.3 Å². The lowest BCUT2D eigenvalue weighted by Crippen LogP contribution is -1.97. The molecule has 0 bridgehead atoms. The van der Waals surface area contributed by atoms with Crippen LogP contribution in [0.15, 0.2) is 261 Å². The molecule has 0 spiro atoms. The van der Waals surface area contributed by atoms with Crippen LogP contribution in [-0.4, -0.2) is 15.0 Å². The van der Waals surface area contributed by atoms with Crippen molar-refractivity contribution in [3.8, 4) is 112 Å². The fourth-order valence-corrected chi connectivity index (χ4v) is 8.99. The molecule has 8 aromatic carbocycles. The average molecular weight is 842 g/mol. The van der Waals surface area contributed by atoms with Crippen molar-refractivity contribution in [1.82, 2.24) is 15.0 Å². The highest BCUT2D eigenvalue weighted by Crippen LogP contribution is 2.46. The number of nitrogens with zero attached hydrogens (tertiary/aromatic N) is 3. The van der Waals surface area contributed by atoms with E-state index in [1.54, 1.807) is 0 Å². The summed E-state index contributed by atoms with van der Waals surface area (Å²) < 4.78 is 0. The quantitative estimate of drug-likeness (QED) is 0.138. The third kappa shape index (κ3) is 8.02. The zero-order valence-electron chi connectivity index (χ0n) is 36.2. The van der Waals surface area contributed by atoms with Gasteiger partial charge in [0.1, 0.15) is 0 Å². The van der Waals surface area contributed by atoms with E-state index in [-0.39, 0.29) is 0 Å². The van der Waals surface area contributed by atoms with Gasteiger partial charge in [0.25, 0.3) is 0 Å². The lowest BCUT2D eigenvalue weighted by Gasteiger charge is -2.20. The Kier molecular flexibility index (Phi) is 11.0. The third-order valence-electron chi connectivity index (χ3n) is 12.3. The molecule has 310 valence electrons. The molecule has 0 N–H and O–H groups in total. The van der Waals surface area contributed by atoms with Crippen LogP contribution < -0.4 is 0 Å². The van der Waals surface area contributed by atoms with E-state index in [2.05, 4.69) is 231 Å². The molecule has 0 saturated carbocycles. The Balaban J connectivity index is 1.14. The zero-order chi connectivity index (χ0) is 44.1. The van der Waals surface area contributed by atoms with Gasteiger partial charge in [0, 0.05) is 51.3 Å². The first-order valence-corrected chi connectivity index (χ1v) is 22.3. The van der Waals surface area contributed by atoms with E-state index >= 15 is 0 Å². The molecular weight excluding hydrogens is 799 g/mol. The molecule has 0 aliphatic rings. The predicted molar refractivity (Wildman–Crippen MR) is 274 cm³/mol. The van der Waals surface area contributed by atoms with Crippen LogP contribution in [0.4, 0.5) is 0 Å². The summed E-state index contributed by atoms with van der Waals surface area (Å²) in [7, 11) is 0. The lowest BCUT2D eigenvalue weighted by molar-refractivity contribution is 1.32. The van der Waals surface area contributed by atoms with Crippen LogP contribution in [0.3, 0.4) is 0 Å². The summed E-state index contributed by atoms with van der Waals surface area (Å²) in [6, 6.07) is 87.6. The molecule has 0 unspecified atom stereocenters. The van der Waals surface area contributed by atoms with Crippen molar-refractivity contribution in [3.63, 3.8) is 0 Å². The highest BCUT2D eigenvalue weighted by atomic mass is 14.7. The largest absolute Gasteiger partial charge is 0.256 e. The maximum atomic E-state index is 5.55. The van der Waals surface area contributed by atoms with Crippen molar-refractivity contribution in [1.29, 1.82) is 0 Å². The topological polar surface area (TPSA) is 38.7 Å². The van der Waals surface area contributed by atoms with Crippen LogP contribution in [0.25, 0.3) is 112 Å². The van der Waals surface area contributed by atoms with Crippen LogP contribution >= 0.6 is 0 Å². The van der Waals surface area contributed by atoms with E-state index in [1.165, 1.54) is 0 Å². The van der Waals surface area contributed by atoms with Crippen LogP contribution in [0.2, 0.25) is 0 Å². The molecule has 0 aliphatic heterocycles.